The molecule has 2 N–H and O–H groups in total. The molecule has 0 aromatic heterocycles. The van der Waals surface area contributed by atoms with Crippen LogP contribution in [0.5, 0.6) is 5.75 Å². The van der Waals surface area contributed by atoms with Gasteiger partial charge in [-0.1, -0.05) is 48.5 Å². The van der Waals surface area contributed by atoms with Gasteiger partial charge in [-0.05, 0) is 35.9 Å². The van der Waals surface area contributed by atoms with Crippen LogP contribution in [0.2, 0.25) is 0 Å². The molecule has 0 aliphatic carbocycles. The first-order chi connectivity index (χ1) is 16.3. The average Bonchev–Trinajstić information content (AvgIpc) is 2.82. The zero-order chi connectivity index (χ0) is 24.6. The van der Waals surface area contributed by atoms with E-state index in [1.54, 1.807) is 0 Å². The van der Waals surface area contributed by atoms with Crippen molar-refractivity contribution in [2.75, 3.05) is 32.1 Å². The minimum Gasteiger partial charge on any atom is -0.491 e. The average molecular weight is 482 g/mol. The van der Waals surface area contributed by atoms with Gasteiger partial charge in [0.25, 0.3) is 0 Å². The van der Waals surface area contributed by atoms with Crippen LogP contribution in [0.1, 0.15) is 6.92 Å². The quantitative estimate of drug-likeness (QED) is 0.433. The number of carbonyl (C=O) groups excluding carboxylic acids is 2. The number of amides is 2. The normalized spacial score (nSPS) is 11.1. The van der Waals surface area contributed by atoms with Gasteiger partial charge in [-0.2, -0.15) is 4.31 Å². The van der Waals surface area contributed by atoms with Gasteiger partial charge in [0.15, 0.2) is 0 Å². The molecule has 178 valence electrons. The summed E-state index contributed by atoms with van der Waals surface area (Å²) in [4.78, 5) is 23.4. The lowest BCUT2D eigenvalue weighted by Gasteiger charge is -2.17. The summed E-state index contributed by atoms with van der Waals surface area (Å²) >= 11 is 0. The molecule has 0 spiro atoms. The van der Waals surface area contributed by atoms with E-state index in [0.29, 0.717) is 11.4 Å². The van der Waals surface area contributed by atoms with Gasteiger partial charge in [0, 0.05) is 25.2 Å². The van der Waals surface area contributed by atoms with E-state index in [4.69, 9.17) is 4.74 Å². The molecule has 0 saturated carbocycles. The molecular formula is C25H27N3O5S. The fourth-order valence-corrected chi connectivity index (χ4v) is 4.36. The number of sulfonamides is 1. The summed E-state index contributed by atoms with van der Waals surface area (Å²) in [5.74, 6) is 0.00294. The number of nitrogens with one attached hydrogen (secondary N) is 2. The Hall–Kier alpha value is -3.69. The molecule has 8 nitrogen and oxygen atoms in total. The monoisotopic (exact) mass is 481 g/mol. The largest absolute Gasteiger partial charge is 0.491 e. The summed E-state index contributed by atoms with van der Waals surface area (Å²) in [7, 11) is -2.52. The third-order valence-corrected chi connectivity index (χ3v) is 6.72. The number of ether oxygens (including phenoxy) is 1. The lowest BCUT2D eigenvalue weighted by molar-refractivity contribution is -0.121. The lowest BCUT2D eigenvalue weighted by atomic mass is 10.1. The van der Waals surface area contributed by atoms with Crippen LogP contribution in [0, 0.1) is 0 Å². The van der Waals surface area contributed by atoms with Crippen molar-refractivity contribution >= 4 is 27.5 Å². The number of likely N-dealkylation sites (N-methyl/N-ethyl adjacent to an activating group) is 1. The molecule has 2 amide bonds. The Kier molecular flexibility index (Phi) is 8.39. The predicted molar refractivity (Wildman–Crippen MR) is 131 cm³/mol. The van der Waals surface area contributed by atoms with Crippen LogP contribution in [0.25, 0.3) is 11.1 Å². The van der Waals surface area contributed by atoms with E-state index in [1.165, 1.54) is 38.2 Å². The molecule has 0 radical (unpaired) electrons. The van der Waals surface area contributed by atoms with E-state index >= 15 is 0 Å². The highest BCUT2D eigenvalue weighted by Crippen LogP contribution is 2.29. The van der Waals surface area contributed by atoms with Crippen LogP contribution in [0.15, 0.2) is 83.8 Å². The van der Waals surface area contributed by atoms with Crippen LogP contribution >= 0.6 is 0 Å². The smallest absolute Gasteiger partial charge is 0.243 e. The summed E-state index contributed by atoms with van der Waals surface area (Å²) in [5, 5.41) is 5.25. The first-order valence-corrected chi connectivity index (χ1v) is 12.1. The number of anilines is 1. The van der Waals surface area contributed by atoms with Gasteiger partial charge in [-0.15, -0.1) is 0 Å². The van der Waals surface area contributed by atoms with Crippen molar-refractivity contribution in [3.05, 3.63) is 78.9 Å². The summed E-state index contributed by atoms with van der Waals surface area (Å²) in [6, 6.07) is 23.2. The van der Waals surface area contributed by atoms with Crippen molar-refractivity contribution in [3.63, 3.8) is 0 Å². The van der Waals surface area contributed by atoms with Crippen molar-refractivity contribution in [1.82, 2.24) is 9.62 Å². The van der Waals surface area contributed by atoms with Gasteiger partial charge in [0.05, 0.1) is 18.0 Å². The number of rotatable bonds is 10. The molecule has 0 aliphatic rings. The van der Waals surface area contributed by atoms with Gasteiger partial charge in [0.2, 0.25) is 21.8 Å². The molecule has 3 rings (SSSR count). The molecule has 0 heterocycles. The fourth-order valence-electron chi connectivity index (χ4n) is 3.24. The highest BCUT2D eigenvalue weighted by molar-refractivity contribution is 7.89. The van der Waals surface area contributed by atoms with Crippen molar-refractivity contribution in [3.8, 4) is 16.9 Å². The van der Waals surface area contributed by atoms with Gasteiger partial charge < -0.3 is 15.4 Å². The minimum absolute atomic E-state index is 0.0257. The Morgan fingerprint density at radius 1 is 0.912 bits per heavy atom. The Morgan fingerprint density at radius 3 is 2.24 bits per heavy atom. The van der Waals surface area contributed by atoms with E-state index in [9.17, 15) is 18.0 Å². The van der Waals surface area contributed by atoms with E-state index in [1.807, 2.05) is 54.6 Å². The molecule has 0 saturated heterocycles. The van der Waals surface area contributed by atoms with Crippen LogP contribution in [0.3, 0.4) is 0 Å². The summed E-state index contributed by atoms with van der Waals surface area (Å²) < 4.78 is 32.3. The molecule has 0 unspecified atom stereocenters. The summed E-state index contributed by atoms with van der Waals surface area (Å²) in [6.45, 7) is 1.48. The van der Waals surface area contributed by atoms with Crippen molar-refractivity contribution in [2.24, 2.45) is 0 Å². The van der Waals surface area contributed by atoms with Crippen molar-refractivity contribution in [1.29, 1.82) is 0 Å². The maximum absolute atomic E-state index is 12.7. The maximum atomic E-state index is 12.7. The predicted octanol–water partition coefficient (Wildman–Crippen LogP) is 3.13. The zero-order valence-corrected chi connectivity index (χ0v) is 19.8. The number of nitrogens with zero attached hydrogens (tertiary/aromatic N) is 1. The second-order valence-electron chi connectivity index (χ2n) is 7.53. The molecule has 9 heteroatoms. The molecule has 0 fully saturated rings. The topological polar surface area (TPSA) is 105 Å². The van der Waals surface area contributed by atoms with Gasteiger partial charge in [-0.25, -0.2) is 8.42 Å². The van der Waals surface area contributed by atoms with Crippen LogP contribution < -0.4 is 15.4 Å². The maximum Gasteiger partial charge on any atom is 0.243 e. The second-order valence-corrected chi connectivity index (χ2v) is 9.57. The highest BCUT2D eigenvalue weighted by Gasteiger charge is 2.22. The molecule has 0 bridgehead atoms. The first kappa shape index (κ1) is 24.9. The molecule has 3 aromatic rings. The number of hydrogen-bond donors (Lipinski definition) is 2. The molecular weight excluding hydrogens is 454 g/mol. The van der Waals surface area contributed by atoms with Crippen LogP contribution in [-0.4, -0.2) is 51.3 Å². The summed E-state index contributed by atoms with van der Waals surface area (Å²) in [6.07, 6.45) is 0. The van der Waals surface area contributed by atoms with Crippen LogP contribution in [0.4, 0.5) is 5.69 Å². The van der Waals surface area contributed by atoms with Crippen LogP contribution in [-0.2, 0) is 19.6 Å². The van der Waals surface area contributed by atoms with E-state index < -0.39 is 15.9 Å². The van der Waals surface area contributed by atoms with Gasteiger partial charge >= 0.3 is 0 Å². The van der Waals surface area contributed by atoms with Gasteiger partial charge in [-0.3, -0.25) is 9.59 Å². The number of benzene rings is 3. The van der Waals surface area contributed by atoms with Crippen molar-refractivity contribution < 1.29 is 22.7 Å². The Balaban J connectivity index is 1.50. The first-order valence-electron chi connectivity index (χ1n) is 10.7. The van der Waals surface area contributed by atoms with Crippen molar-refractivity contribution in [2.45, 2.75) is 11.8 Å². The standard InChI is InChI=1S/C25H27N3O5S/c1-19(29)27-21-12-14-22(15-13-21)34(31,32)28(2)18-25(30)26-16-17-33-24-11-7-6-10-23(24)20-8-4-3-5-9-20/h3-15H,16-18H2,1-2H3,(H,26,30)(H,27,29). The van der Waals surface area contributed by atoms with E-state index in [2.05, 4.69) is 10.6 Å². The second kappa shape index (κ2) is 11.4. The molecule has 0 atom stereocenters. The number of carbonyl (C=O) groups is 2. The van der Waals surface area contributed by atoms with E-state index in [-0.39, 0.29) is 30.5 Å². The third-order valence-electron chi connectivity index (χ3n) is 4.90. The molecule has 0 aliphatic heterocycles. The molecule has 34 heavy (non-hydrogen) atoms. The SMILES string of the molecule is CC(=O)Nc1ccc(S(=O)(=O)N(C)CC(=O)NCCOc2ccccc2-c2ccccc2)cc1. The Labute approximate surface area is 199 Å². The van der Waals surface area contributed by atoms with E-state index in [0.717, 1.165) is 15.4 Å². The third kappa shape index (κ3) is 6.66. The summed E-state index contributed by atoms with van der Waals surface area (Å²) in [5.41, 5.74) is 2.46. The van der Waals surface area contributed by atoms with Gasteiger partial charge in [0.1, 0.15) is 12.4 Å². The fraction of sp³-hybridized carbons (Fsp3) is 0.200. The Bertz CT molecular complexity index is 1230. The number of hydrogen-bond acceptors (Lipinski definition) is 5. The Morgan fingerprint density at radius 2 is 1.56 bits per heavy atom. The zero-order valence-electron chi connectivity index (χ0n) is 19.0. The minimum atomic E-state index is -3.86. The number of para-hydroxylation sites is 1. The lowest BCUT2D eigenvalue weighted by Crippen LogP contribution is -2.39. The highest BCUT2D eigenvalue weighted by atomic mass is 32.2. The molecule has 3 aromatic carbocycles.